The van der Waals surface area contributed by atoms with Crippen LogP contribution in [0.25, 0.3) is 0 Å². The maximum absolute atomic E-state index is 12.4. The fourth-order valence-corrected chi connectivity index (χ4v) is 3.18. The lowest BCUT2D eigenvalue weighted by Crippen LogP contribution is -2.43. The van der Waals surface area contributed by atoms with Gasteiger partial charge in [-0.1, -0.05) is 26.5 Å². The van der Waals surface area contributed by atoms with Crippen molar-refractivity contribution in [1.82, 2.24) is 0 Å². The van der Waals surface area contributed by atoms with E-state index in [-0.39, 0.29) is 17.8 Å². The molecule has 148 valence electrons. The van der Waals surface area contributed by atoms with Gasteiger partial charge in [-0.05, 0) is 30.9 Å². The Balaban J connectivity index is 2.50. The highest BCUT2D eigenvalue weighted by Crippen LogP contribution is 2.36. The molecule has 2 rings (SSSR count). The van der Waals surface area contributed by atoms with Crippen LogP contribution in [0.4, 0.5) is 0 Å². The van der Waals surface area contributed by atoms with E-state index in [1.54, 1.807) is 19.1 Å². The smallest absolute Gasteiger partial charge is 0.334 e. The molecule has 2 N–H and O–H groups in total. The SMILES string of the molecule is C=C1C(=O)O[C@@H]2/C=C(\CO)CC/C=C(/C=O)[C@H](O)[C@@H](OC(=O)[C@H](C)CC)[C@@H]12. The van der Waals surface area contributed by atoms with Crippen molar-refractivity contribution in [1.29, 1.82) is 0 Å². The number of aliphatic hydroxyl groups is 2. The molecule has 0 unspecified atom stereocenters. The molecule has 5 atom stereocenters. The number of carbonyl (C=O) groups excluding carboxylic acids is 3. The van der Waals surface area contributed by atoms with E-state index in [2.05, 4.69) is 6.58 Å². The summed E-state index contributed by atoms with van der Waals surface area (Å²) in [6.07, 6.45) is 1.57. The first-order valence-corrected chi connectivity index (χ1v) is 9.08. The fourth-order valence-electron chi connectivity index (χ4n) is 3.18. The van der Waals surface area contributed by atoms with Gasteiger partial charge in [-0.2, -0.15) is 0 Å². The summed E-state index contributed by atoms with van der Waals surface area (Å²) in [5, 5.41) is 20.3. The van der Waals surface area contributed by atoms with Gasteiger partial charge in [0.2, 0.25) is 0 Å². The zero-order valence-corrected chi connectivity index (χ0v) is 15.6. The fraction of sp³-hybridized carbons (Fsp3) is 0.550. The average molecular weight is 378 g/mol. The number of carbonyl (C=O) groups is 3. The minimum absolute atomic E-state index is 0.0559. The number of hydrogen-bond donors (Lipinski definition) is 2. The highest BCUT2D eigenvalue weighted by atomic mass is 16.6. The van der Waals surface area contributed by atoms with Gasteiger partial charge in [0.1, 0.15) is 24.6 Å². The van der Waals surface area contributed by atoms with Gasteiger partial charge in [-0.15, -0.1) is 0 Å². The van der Waals surface area contributed by atoms with Gasteiger partial charge in [0, 0.05) is 11.1 Å². The summed E-state index contributed by atoms with van der Waals surface area (Å²) in [5.74, 6) is -2.47. The van der Waals surface area contributed by atoms with E-state index >= 15 is 0 Å². The summed E-state index contributed by atoms with van der Waals surface area (Å²) < 4.78 is 10.9. The lowest BCUT2D eigenvalue weighted by molar-refractivity contribution is -0.162. The van der Waals surface area contributed by atoms with E-state index in [0.717, 1.165) is 0 Å². The summed E-state index contributed by atoms with van der Waals surface area (Å²) in [7, 11) is 0. The monoisotopic (exact) mass is 378 g/mol. The lowest BCUT2D eigenvalue weighted by Gasteiger charge is -2.31. The highest BCUT2D eigenvalue weighted by Gasteiger charge is 2.48. The van der Waals surface area contributed by atoms with Crippen molar-refractivity contribution in [3.63, 3.8) is 0 Å². The molecule has 0 radical (unpaired) electrons. The second-order valence-corrected chi connectivity index (χ2v) is 6.92. The number of allylic oxidation sites excluding steroid dienone is 1. The molecule has 1 heterocycles. The molecular formula is C20H26O7. The van der Waals surface area contributed by atoms with Gasteiger partial charge in [-0.25, -0.2) is 4.79 Å². The summed E-state index contributed by atoms with van der Waals surface area (Å²) in [6.45, 7) is 7.01. The molecular weight excluding hydrogens is 352 g/mol. The Morgan fingerprint density at radius 3 is 2.81 bits per heavy atom. The molecule has 0 aromatic rings. The summed E-state index contributed by atoms with van der Waals surface area (Å²) >= 11 is 0. The quantitative estimate of drug-likeness (QED) is 0.320. The summed E-state index contributed by atoms with van der Waals surface area (Å²) in [5.41, 5.74) is 0.736. The van der Waals surface area contributed by atoms with Crippen LogP contribution in [0.1, 0.15) is 33.1 Å². The van der Waals surface area contributed by atoms with Gasteiger partial charge in [0.25, 0.3) is 0 Å². The molecule has 0 saturated carbocycles. The van der Waals surface area contributed by atoms with Crippen molar-refractivity contribution in [2.45, 2.75) is 51.4 Å². The number of aliphatic hydroxyl groups excluding tert-OH is 2. The number of rotatable bonds is 5. The number of esters is 2. The first-order chi connectivity index (χ1) is 12.8. The topological polar surface area (TPSA) is 110 Å². The summed E-state index contributed by atoms with van der Waals surface area (Å²) in [4.78, 5) is 36.0. The molecule has 7 nitrogen and oxygen atoms in total. The van der Waals surface area contributed by atoms with E-state index < -0.39 is 42.1 Å². The van der Waals surface area contributed by atoms with Gasteiger partial charge in [0.05, 0.1) is 18.4 Å². The Kier molecular flexibility index (Phi) is 7.10. The number of ether oxygens (including phenoxy) is 2. The van der Waals surface area contributed by atoms with Crippen LogP contribution >= 0.6 is 0 Å². The lowest BCUT2D eigenvalue weighted by atomic mass is 9.83. The van der Waals surface area contributed by atoms with Crippen LogP contribution in [0.5, 0.6) is 0 Å². The largest absolute Gasteiger partial charge is 0.458 e. The van der Waals surface area contributed by atoms with E-state index in [1.807, 2.05) is 6.92 Å². The normalized spacial score (nSPS) is 33.6. The molecule has 1 fully saturated rings. The van der Waals surface area contributed by atoms with Crippen LogP contribution in [0.2, 0.25) is 0 Å². The van der Waals surface area contributed by atoms with Gasteiger partial charge in [0.15, 0.2) is 0 Å². The molecule has 0 bridgehead atoms. The Bertz CT molecular complexity index is 676. The summed E-state index contributed by atoms with van der Waals surface area (Å²) in [6, 6.07) is 0. The van der Waals surface area contributed by atoms with Crippen molar-refractivity contribution in [2.75, 3.05) is 6.61 Å². The van der Waals surface area contributed by atoms with Crippen LogP contribution in [0.15, 0.2) is 35.5 Å². The Morgan fingerprint density at radius 2 is 2.22 bits per heavy atom. The number of fused-ring (bicyclic) bond motifs is 1. The molecule has 2 aliphatic rings. The Morgan fingerprint density at radius 1 is 1.52 bits per heavy atom. The first-order valence-electron chi connectivity index (χ1n) is 9.08. The van der Waals surface area contributed by atoms with E-state index in [1.165, 1.54) is 0 Å². The van der Waals surface area contributed by atoms with Crippen molar-refractivity contribution >= 4 is 18.2 Å². The maximum Gasteiger partial charge on any atom is 0.334 e. The number of hydrogen-bond acceptors (Lipinski definition) is 7. The van der Waals surface area contributed by atoms with E-state index in [4.69, 9.17) is 9.47 Å². The molecule has 0 aromatic carbocycles. The standard InChI is InChI=1S/C20H26O7/c1-4-11(2)19(24)27-18-16-12(3)20(25)26-15(16)8-13(9-21)6-5-7-14(10-22)17(18)23/h7-8,10-11,15-18,21,23H,3-6,9H2,1-2H3/b13-8-,14-7-/t11-,15-,16+,17+,18+/m1/s1. The second-order valence-electron chi connectivity index (χ2n) is 6.92. The zero-order chi connectivity index (χ0) is 20.1. The first kappa shape index (κ1) is 21.1. The third-order valence-electron chi connectivity index (χ3n) is 5.12. The van der Waals surface area contributed by atoms with Crippen LogP contribution in [-0.2, 0) is 23.9 Å². The van der Waals surface area contributed by atoms with Gasteiger partial charge in [-0.3, -0.25) is 9.59 Å². The van der Waals surface area contributed by atoms with E-state index in [0.29, 0.717) is 31.1 Å². The molecule has 7 heteroatoms. The molecule has 1 aliphatic carbocycles. The third kappa shape index (κ3) is 4.54. The average Bonchev–Trinajstić information content (AvgIpc) is 2.94. The van der Waals surface area contributed by atoms with Gasteiger partial charge < -0.3 is 19.7 Å². The van der Waals surface area contributed by atoms with Crippen molar-refractivity contribution in [3.05, 3.63) is 35.5 Å². The predicted molar refractivity (Wildman–Crippen MR) is 96.4 cm³/mol. The minimum atomic E-state index is -1.42. The van der Waals surface area contributed by atoms with E-state index in [9.17, 15) is 24.6 Å². The van der Waals surface area contributed by atoms with Crippen molar-refractivity contribution < 1.29 is 34.1 Å². The third-order valence-corrected chi connectivity index (χ3v) is 5.12. The second kappa shape index (κ2) is 9.10. The molecule has 1 aliphatic heterocycles. The van der Waals surface area contributed by atoms with Crippen LogP contribution in [0, 0.1) is 11.8 Å². The van der Waals surface area contributed by atoms with Gasteiger partial charge >= 0.3 is 11.9 Å². The highest BCUT2D eigenvalue weighted by molar-refractivity contribution is 5.91. The van der Waals surface area contributed by atoms with Crippen molar-refractivity contribution in [2.24, 2.45) is 11.8 Å². The Hall–Kier alpha value is -2.25. The Labute approximate surface area is 158 Å². The molecule has 0 amide bonds. The molecule has 27 heavy (non-hydrogen) atoms. The van der Waals surface area contributed by atoms with Crippen molar-refractivity contribution in [3.8, 4) is 0 Å². The number of aldehydes is 1. The van der Waals surface area contributed by atoms with Crippen LogP contribution < -0.4 is 0 Å². The minimum Gasteiger partial charge on any atom is -0.458 e. The molecule has 1 saturated heterocycles. The van der Waals surface area contributed by atoms with Crippen LogP contribution in [0.3, 0.4) is 0 Å². The van der Waals surface area contributed by atoms with Crippen LogP contribution in [-0.4, -0.2) is 53.4 Å². The molecule has 0 aromatic heterocycles. The molecule has 0 spiro atoms. The predicted octanol–water partition coefficient (Wildman–Crippen LogP) is 1.24. The zero-order valence-electron chi connectivity index (χ0n) is 15.6. The maximum atomic E-state index is 12.4.